The molecule has 0 fully saturated rings. The van der Waals surface area contributed by atoms with Crippen molar-refractivity contribution >= 4 is 6.29 Å². The maximum Gasteiger partial charge on any atom is 0.161 e. The van der Waals surface area contributed by atoms with E-state index >= 15 is 0 Å². The normalized spacial score (nSPS) is 17.6. The Balaban J connectivity index is 2.32. The molecule has 1 aliphatic heterocycles. The lowest BCUT2D eigenvalue weighted by molar-refractivity contribution is -0.112. The number of hydrogen-bond acceptors (Lipinski definition) is 4. The molecule has 1 unspecified atom stereocenters. The summed E-state index contributed by atoms with van der Waals surface area (Å²) in [4.78, 5) is 10.5. The molecule has 0 saturated carbocycles. The average molecular weight is 222 g/mol. The van der Waals surface area contributed by atoms with Crippen LogP contribution in [0.4, 0.5) is 0 Å². The van der Waals surface area contributed by atoms with Gasteiger partial charge in [-0.3, -0.25) is 0 Å². The fraction of sp³-hybridized carbons (Fsp3) is 0.417. The second kappa shape index (κ2) is 4.14. The summed E-state index contributed by atoms with van der Waals surface area (Å²) in [6.45, 7) is 2.65. The van der Waals surface area contributed by atoms with Crippen LogP contribution < -0.4 is 9.47 Å². The van der Waals surface area contributed by atoms with E-state index in [1.807, 2.05) is 0 Å². The van der Waals surface area contributed by atoms with E-state index in [2.05, 4.69) is 0 Å². The molecule has 2 rings (SSSR count). The Hall–Kier alpha value is -1.55. The summed E-state index contributed by atoms with van der Waals surface area (Å²) in [5.74, 6) is 1.30. The number of carbonyl (C=O) groups excluding carboxylic acids is 1. The number of rotatable bonds is 3. The zero-order valence-electron chi connectivity index (χ0n) is 9.10. The van der Waals surface area contributed by atoms with Crippen molar-refractivity contribution in [1.82, 2.24) is 0 Å². The Kier molecular flexibility index (Phi) is 2.83. The van der Waals surface area contributed by atoms with Crippen molar-refractivity contribution in [2.45, 2.75) is 18.9 Å². The van der Waals surface area contributed by atoms with Gasteiger partial charge >= 0.3 is 0 Å². The van der Waals surface area contributed by atoms with Crippen molar-refractivity contribution in [2.75, 3.05) is 13.2 Å². The number of aldehydes is 1. The molecule has 0 bridgehead atoms. The van der Waals surface area contributed by atoms with E-state index in [0.29, 0.717) is 36.6 Å². The predicted octanol–water partition coefficient (Wildman–Crippen LogP) is 1.25. The molecule has 1 heterocycles. The minimum absolute atomic E-state index is 0.0621. The highest BCUT2D eigenvalue weighted by molar-refractivity contribution is 5.54. The zero-order valence-corrected chi connectivity index (χ0v) is 9.10. The monoisotopic (exact) mass is 222 g/mol. The average Bonchev–Trinajstić information content (AvgIpc) is 2.28. The third kappa shape index (κ3) is 2.02. The quantitative estimate of drug-likeness (QED) is 0.782. The Morgan fingerprint density at radius 1 is 1.38 bits per heavy atom. The van der Waals surface area contributed by atoms with E-state index < -0.39 is 5.60 Å². The first-order chi connectivity index (χ1) is 7.63. The van der Waals surface area contributed by atoms with Crippen LogP contribution in [0.2, 0.25) is 0 Å². The van der Waals surface area contributed by atoms with Gasteiger partial charge in [-0.25, -0.2) is 0 Å². The zero-order chi connectivity index (χ0) is 11.6. The van der Waals surface area contributed by atoms with Gasteiger partial charge in [-0.15, -0.1) is 0 Å². The van der Waals surface area contributed by atoms with E-state index in [9.17, 15) is 9.90 Å². The smallest absolute Gasteiger partial charge is 0.161 e. The van der Waals surface area contributed by atoms with Crippen LogP contribution in [0.5, 0.6) is 11.5 Å². The number of carbonyl (C=O) groups is 1. The third-order valence-electron chi connectivity index (χ3n) is 2.64. The fourth-order valence-corrected chi connectivity index (χ4v) is 1.66. The van der Waals surface area contributed by atoms with Gasteiger partial charge in [0.2, 0.25) is 0 Å². The molecular formula is C12H14O4. The lowest BCUT2D eigenvalue weighted by Crippen LogP contribution is -2.22. The number of ether oxygens (including phenoxy) is 2. The van der Waals surface area contributed by atoms with Crippen molar-refractivity contribution in [1.29, 1.82) is 0 Å². The van der Waals surface area contributed by atoms with Crippen molar-refractivity contribution in [3.63, 3.8) is 0 Å². The standard InChI is InChI=1S/C12H14O4/c1-12(14,4-5-13)9-2-3-10-11(8-9)16-7-6-15-10/h2-3,5,8,14H,4,6-7H2,1H3. The maximum atomic E-state index is 10.5. The maximum absolute atomic E-state index is 10.5. The van der Waals surface area contributed by atoms with Gasteiger partial charge in [-0.1, -0.05) is 6.07 Å². The van der Waals surface area contributed by atoms with E-state index in [4.69, 9.17) is 9.47 Å². The predicted molar refractivity (Wildman–Crippen MR) is 57.7 cm³/mol. The van der Waals surface area contributed by atoms with Crippen LogP contribution in [-0.4, -0.2) is 24.6 Å². The van der Waals surface area contributed by atoms with E-state index in [0.717, 1.165) is 0 Å². The van der Waals surface area contributed by atoms with Crippen molar-refractivity contribution in [3.05, 3.63) is 23.8 Å². The van der Waals surface area contributed by atoms with Gasteiger partial charge in [0.05, 0.1) is 5.60 Å². The molecule has 4 heteroatoms. The molecule has 0 spiro atoms. The largest absolute Gasteiger partial charge is 0.486 e. The number of hydrogen-bond donors (Lipinski definition) is 1. The minimum atomic E-state index is -1.16. The molecule has 1 atom stereocenters. The molecule has 16 heavy (non-hydrogen) atoms. The summed E-state index contributed by atoms with van der Waals surface area (Å²) >= 11 is 0. The van der Waals surface area contributed by atoms with E-state index in [1.165, 1.54) is 0 Å². The van der Waals surface area contributed by atoms with Crippen LogP contribution in [-0.2, 0) is 10.4 Å². The Morgan fingerprint density at radius 2 is 2.06 bits per heavy atom. The third-order valence-corrected chi connectivity index (χ3v) is 2.64. The van der Waals surface area contributed by atoms with Crippen LogP contribution in [0, 0.1) is 0 Å². The summed E-state index contributed by atoms with van der Waals surface area (Å²) in [6.07, 6.45) is 0.767. The molecule has 1 aromatic rings. The van der Waals surface area contributed by atoms with Crippen LogP contribution in [0.1, 0.15) is 18.9 Å². The lowest BCUT2D eigenvalue weighted by Gasteiger charge is -2.24. The van der Waals surface area contributed by atoms with Gasteiger partial charge in [0.25, 0.3) is 0 Å². The summed E-state index contributed by atoms with van der Waals surface area (Å²) < 4.78 is 10.8. The lowest BCUT2D eigenvalue weighted by atomic mass is 9.93. The van der Waals surface area contributed by atoms with Crippen molar-refractivity contribution < 1.29 is 19.4 Å². The number of benzene rings is 1. The SMILES string of the molecule is CC(O)(CC=O)c1ccc2c(c1)OCCO2. The first-order valence-electron chi connectivity index (χ1n) is 5.19. The molecule has 4 nitrogen and oxygen atoms in total. The van der Waals surface area contributed by atoms with Crippen molar-refractivity contribution in [2.24, 2.45) is 0 Å². The molecular weight excluding hydrogens is 208 g/mol. The molecule has 0 aromatic heterocycles. The first kappa shape index (κ1) is 11.0. The summed E-state index contributed by atoms with van der Waals surface area (Å²) in [5.41, 5.74) is -0.499. The van der Waals surface area contributed by atoms with Crippen molar-refractivity contribution in [3.8, 4) is 11.5 Å². The Bertz CT molecular complexity index is 398. The molecule has 86 valence electrons. The summed E-state index contributed by atoms with van der Waals surface area (Å²) in [6, 6.07) is 5.22. The van der Waals surface area contributed by atoms with Gasteiger partial charge in [-0.2, -0.15) is 0 Å². The second-order valence-electron chi connectivity index (χ2n) is 4.00. The highest BCUT2D eigenvalue weighted by Crippen LogP contribution is 2.35. The van der Waals surface area contributed by atoms with Crippen LogP contribution in [0.25, 0.3) is 0 Å². The minimum Gasteiger partial charge on any atom is -0.486 e. The molecule has 1 aromatic carbocycles. The molecule has 0 amide bonds. The fourth-order valence-electron chi connectivity index (χ4n) is 1.66. The second-order valence-corrected chi connectivity index (χ2v) is 4.00. The number of aliphatic hydroxyl groups is 1. The topological polar surface area (TPSA) is 55.8 Å². The van der Waals surface area contributed by atoms with E-state index in [1.54, 1.807) is 25.1 Å². The molecule has 0 radical (unpaired) electrons. The Morgan fingerprint density at radius 3 is 2.75 bits per heavy atom. The van der Waals surface area contributed by atoms with Gasteiger partial charge in [0, 0.05) is 6.42 Å². The highest BCUT2D eigenvalue weighted by atomic mass is 16.6. The number of fused-ring (bicyclic) bond motifs is 1. The summed E-state index contributed by atoms with van der Waals surface area (Å²) in [5, 5.41) is 10.1. The van der Waals surface area contributed by atoms with Crippen LogP contribution in [0.15, 0.2) is 18.2 Å². The highest BCUT2D eigenvalue weighted by Gasteiger charge is 2.24. The van der Waals surface area contributed by atoms with Gasteiger partial charge in [-0.05, 0) is 24.6 Å². The van der Waals surface area contributed by atoms with Gasteiger partial charge in [0.15, 0.2) is 11.5 Å². The molecule has 1 aliphatic rings. The van der Waals surface area contributed by atoms with Crippen LogP contribution >= 0.6 is 0 Å². The first-order valence-corrected chi connectivity index (χ1v) is 5.19. The van der Waals surface area contributed by atoms with Gasteiger partial charge in [0.1, 0.15) is 19.5 Å². The molecule has 0 aliphatic carbocycles. The molecule has 1 N–H and O–H groups in total. The molecule has 0 saturated heterocycles. The van der Waals surface area contributed by atoms with Crippen LogP contribution in [0.3, 0.4) is 0 Å². The summed E-state index contributed by atoms with van der Waals surface area (Å²) in [7, 11) is 0. The Labute approximate surface area is 93.8 Å². The van der Waals surface area contributed by atoms with Gasteiger partial charge < -0.3 is 19.4 Å². The van der Waals surface area contributed by atoms with E-state index in [-0.39, 0.29) is 6.42 Å².